The van der Waals surface area contributed by atoms with Crippen LogP contribution in [0, 0.1) is 6.92 Å². The quantitative estimate of drug-likeness (QED) is 0.759. The molecule has 0 bridgehead atoms. The van der Waals surface area contributed by atoms with Gasteiger partial charge in [-0.2, -0.15) is 4.98 Å². The zero-order valence-electron chi connectivity index (χ0n) is 10.2. The number of rotatable bonds is 4. The Morgan fingerprint density at radius 2 is 2.06 bits per heavy atom. The van der Waals surface area contributed by atoms with Gasteiger partial charge in [0.2, 0.25) is 5.95 Å². The number of nitrogens with one attached hydrogen (secondary N) is 1. The average molecular weight is 244 g/mol. The highest BCUT2D eigenvalue weighted by molar-refractivity contribution is 5.45. The van der Waals surface area contributed by atoms with E-state index in [-0.39, 0.29) is 5.95 Å². The van der Waals surface area contributed by atoms with Crippen LogP contribution in [-0.4, -0.2) is 21.6 Å². The highest BCUT2D eigenvalue weighted by Crippen LogP contribution is 2.15. The van der Waals surface area contributed by atoms with Crippen LogP contribution in [0.15, 0.2) is 36.5 Å². The molecule has 0 amide bonds. The van der Waals surface area contributed by atoms with Crippen LogP contribution >= 0.6 is 0 Å². The van der Waals surface area contributed by atoms with Gasteiger partial charge in [0.05, 0.1) is 6.10 Å². The lowest BCUT2D eigenvalue weighted by atomic mass is 10.1. The van der Waals surface area contributed by atoms with Gasteiger partial charge in [-0.05, 0) is 12.5 Å². The highest BCUT2D eigenvalue weighted by Gasteiger charge is 2.08. The van der Waals surface area contributed by atoms with Crippen molar-refractivity contribution in [3.05, 3.63) is 47.7 Å². The monoisotopic (exact) mass is 244 g/mol. The van der Waals surface area contributed by atoms with Crippen molar-refractivity contribution in [2.45, 2.75) is 13.0 Å². The molecule has 0 spiro atoms. The van der Waals surface area contributed by atoms with Crippen LogP contribution in [0.4, 0.5) is 11.8 Å². The Morgan fingerprint density at radius 3 is 2.78 bits per heavy atom. The molecular formula is C13H16N4O. The second-order valence-electron chi connectivity index (χ2n) is 4.07. The summed E-state index contributed by atoms with van der Waals surface area (Å²) in [5.74, 6) is 0.870. The molecule has 1 heterocycles. The molecule has 0 aliphatic rings. The molecule has 4 N–H and O–H groups in total. The minimum atomic E-state index is -0.582. The minimum absolute atomic E-state index is 0.220. The molecule has 94 valence electrons. The molecule has 0 radical (unpaired) electrons. The number of aryl methyl sites for hydroxylation is 1. The van der Waals surface area contributed by atoms with Gasteiger partial charge in [-0.3, -0.25) is 0 Å². The van der Waals surface area contributed by atoms with E-state index >= 15 is 0 Å². The minimum Gasteiger partial charge on any atom is -0.387 e. The number of aliphatic hydroxyl groups excluding tert-OH is 1. The Balaban J connectivity index is 2.01. The third kappa shape index (κ3) is 2.95. The Labute approximate surface area is 106 Å². The molecule has 2 rings (SSSR count). The molecule has 1 atom stereocenters. The summed E-state index contributed by atoms with van der Waals surface area (Å²) in [7, 11) is 0. The molecule has 1 aromatic heterocycles. The van der Waals surface area contributed by atoms with E-state index in [0.717, 1.165) is 11.1 Å². The van der Waals surface area contributed by atoms with Gasteiger partial charge in [-0.1, -0.05) is 30.3 Å². The number of anilines is 2. The van der Waals surface area contributed by atoms with E-state index in [1.54, 1.807) is 6.20 Å². The molecule has 5 heteroatoms. The van der Waals surface area contributed by atoms with Crippen LogP contribution in [0.5, 0.6) is 0 Å². The summed E-state index contributed by atoms with van der Waals surface area (Å²) >= 11 is 0. The number of aromatic nitrogens is 2. The largest absolute Gasteiger partial charge is 0.387 e. The molecule has 1 unspecified atom stereocenters. The number of nitrogens with zero attached hydrogens (tertiary/aromatic N) is 2. The average Bonchev–Trinajstić information content (AvgIpc) is 2.40. The lowest BCUT2D eigenvalue weighted by Crippen LogP contribution is -2.14. The number of benzene rings is 1. The van der Waals surface area contributed by atoms with Gasteiger partial charge in [0, 0.05) is 18.3 Å². The first-order valence-electron chi connectivity index (χ1n) is 5.73. The van der Waals surface area contributed by atoms with Gasteiger partial charge in [0.15, 0.2) is 0 Å². The van der Waals surface area contributed by atoms with Crippen molar-refractivity contribution in [3.63, 3.8) is 0 Å². The zero-order valence-corrected chi connectivity index (χ0v) is 10.2. The molecule has 0 saturated heterocycles. The molecule has 0 aliphatic heterocycles. The molecule has 0 aliphatic carbocycles. The number of hydrogen-bond acceptors (Lipinski definition) is 5. The molecule has 0 fully saturated rings. The highest BCUT2D eigenvalue weighted by atomic mass is 16.3. The molecule has 5 nitrogen and oxygen atoms in total. The zero-order chi connectivity index (χ0) is 13.0. The number of nitrogens with two attached hydrogens (primary N) is 1. The van der Waals surface area contributed by atoms with Crippen LogP contribution in [-0.2, 0) is 0 Å². The summed E-state index contributed by atoms with van der Waals surface area (Å²) in [5, 5.41) is 13.1. The smallest absolute Gasteiger partial charge is 0.221 e. The van der Waals surface area contributed by atoms with Crippen molar-refractivity contribution in [2.75, 3.05) is 17.6 Å². The maximum Gasteiger partial charge on any atom is 0.221 e. The maximum absolute atomic E-state index is 10.0. The van der Waals surface area contributed by atoms with Crippen molar-refractivity contribution in [1.29, 1.82) is 0 Å². The summed E-state index contributed by atoms with van der Waals surface area (Å²) in [6.45, 7) is 2.26. The van der Waals surface area contributed by atoms with E-state index in [9.17, 15) is 5.11 Å². The second-order valence-corrected chi connectivity index (χ2v) is 4.07. The predicted octanol–water partition coefficient (Wildman–Crippen LogP) is 1.51. The van der Waals surface area contributed by atoms with Gasteiger partial charge < -0.3 is 16.2 Å². The van der Waals surface area contributed by atoms with Crippen molar-refractivity contribution >= 4 is 11.8 Å². The third-order valence-electron chi connectivity index (χ3n) is 2.64. The van der Waals surface area contributed by atoms with E-state index in [4.69, 9.17) is 5.73 Å². The Morgan fingerprint density at radius 1 is 1.33 bits per heavy atom. The maximum atomic E-state index is 10.0. The van der Waals surface area contributed by atoms with E-state index < -0.39 is 6.10 Å². The Hall–Kier alpha value is -2.14. The standard InChI is InChI=1S/C13H16N4O/c1-9-7-16-13(14)17-12(9)15-8-11(18)10-5-3-2-4-6-10/h2-7,11,18H,8H2,1H3,(H3,14,15,16,17). The van der Waals surface area contributed by atoms with Crippen LogP contribution in [0.3, 0.4) is 0 Å². The molecule has 0 saturated carbocycles. The Bertz CT molecular complexity index is 516. The first-order valence-corrected chi connectivity index (χ1v) is 5.73. The lowest BCUT2D eigenvalue weighted by Gasteiger charge is -2.13. The predicted molar refractivity (Wildman–Crippen MR) is 71.1 cm³/mol. The number of aliphatic hydroxyl groups is 1. The Kier molecular flexibility index (Phi) is 3.74. The fraction of sp³-hybridized carbons (Fsp3) is 0.231. The topological polar surface area (TPSA) is 84.1 Å². The van der Waals surface area contributed by atoms with Crippen LogP contribution in [0.25, 0.3) is 0 Å². The summed E-state index contributed by atoms with van der Waals surface area (Å²) in [6.07, 6.45) is 1.07. The lowest BCUT2D eigenvalue weighted by molar-refractivity contribution is 0.191. The summed E-state index contributed by atoms with van der Waals surface area (Å²) in [5.41, 5.74) is 7.28. The van der Waals surface area contributed by atoms with Gasteiger partial charge >= 0.3 is 0 Å². The molecule has 1 aromatic carbocycles. The van der Waals surface area contributed by atoms with Crippen molar-refractivity contribution in [1.82, 2.24) is 9.97 Å². The van der Waals surface area contributed by atoms with Crippen molar-refractivity contribution in [3.8, 4) is 0 Å². The van der Waals surface area contributed by atoms with Gasteiger partial charge in [-0.25, -0.2) is 4.98 Å². The summed E-state index contributed by atoms with van der Waals surface area (Å²) < 4.78 is 0. The second kappa shape index (κ2) is 5.46. The number of nitrogen functional groups attached to an aromatic ring is 1. The van der Waals surface area contributed by atoms with E-state index in [1.165, 1.54) is 0 Å². The van der Waals surface area contributed by atoms with Crippen LogP contribution in [0.2, 0.25) is 0 Å². The first kappa shape index (κ1) is 12.3. The van der Waals surface area contributed by atoms with Gasteiger partial charge in [-0.15, -0.1) is 0 Å². The van der Waals surface area contributed by atoms with E-state index in [1.807, 2.05) is 37.3 Å². The van der Waals surface area contributed by atoms with Gasteiger partial charge in [0.1, 0.15) is 5.82 Å². The van der Waals surface area contributed by atoms with Gasteiger partial charge in [0.25, 0.3) is 0 Å². The van der Waals surface area contributed by atoms with E-state index in [2.05, 4.69) is 15.3 Å². The number of hydrogen-bond donors (Lipinski definition) is 3. The van der Waals surface area contributed by atoms with Crippen LogP contribution in [0.1, 0.15) is 17.2 Å². The molecule has 18 heavy (non-hydrogen) atoms. The molecule has 2 aromatic rings. The van der Waals surface area contributed by atoms with Crippen molar-refractivity contribution < 1.29 is 5.11 Å². The summed E-state index contributed by atoms with van der Waals surface area (Å²) in [4.78, 5) is 7.97. The van der Waals surface area contributed by atoms with E-state index in [0.29, 0.717) is 12.4 Å². The normalized spacial score (nSPS) is 12.1. The SMILES string of the molecule is Cc1cnc(N)nc1NCC(O)c1ccccc1. The van der Waals surface area contributed by atoms with Crippen molar-refractivity contribution in [2.24, 2.45) is 0 Å². The molecular weight excluding hydrogens is 228 g/mol. The first-order chi connectivity index (χ1) is 8.66. The van der Waals surface area contributed by atoms with Crippen LogP contribution < -0.4 is 11.1 Å². The third-order valence-corrected chi connectivity index (χ3v) is 2.64. The fourth-order valence-corrected chi connectivity index (χ4v) is 1.62. The fourth-order valence-electron chi connectivity index (χ4n) is 1.62. The summed E-state index contributed by atoms with van der Waals surface area (Å²) in [6, 6.07) is 9.47.